The van der Waals surface area contributed by atoms with Gasteiger partial charge in [-0.2, -0.15) is 0 Å². The molecule has 14 heavy (non-hydrogen) atoms. The third-order valence-corrected chi connectivity index (χ3v) is 3.66. The van der Waals surface area contributed by atoms with Crippen molar-refractivity contribution in [3.8, 4) is 0 Å². The average molecular weight is 197 g/mol. The Balaban J connectivity index is 1.68. The van der Waals surface area contributed by atoms with Crippen LogP contribution in [0.2, 0.25) is 0 Å². The molecule has 2 unspecified atom stereocenters. The van der Waals surface area contributed by atoms with Crippen molar-refractivity contribution >= 4 is 0 Å². The van der Waals surface area contributed by atoms with Crippen molar-refractivity contribution in [3.63, 3.8) is 0 Å². The van der Waals surface area contributed by atoms with E-state index >= 15 is 0 Å². The molecule has 2 atom stereocenters. The first-order valence-electron chi connectivity index (χ1n) is 5.80. The summed E-state index contributed by atoms with van der Waals surface area (Å²) in [7, 11) is 0. The summed E-state index contributed by atoms with van der Waals surface area (Å²) in [4.78, 5) is 0. The van der Waals surface area contributed by atoms with Gasteiger partial charge in [-0.05, 0) is 38.5 Å². The lowest BCUT2D eigenvalue weighted by Crippen LogP contribution is -2.32. The van der Waals surface area contributed by atoms with Crippen LogP contribution in [0.5, 0.6) is 0 Å². The van der Waals surface area contributed by atoms with E-state index < -0.39 is 0 Å². The van der Waals surface area contributed by atoms with Crippen LogP contribution in [0.15, 0.2) is 0 Å². The molecule has 2 fully saturated rings. The van der Waals surface area contributed by atoms with E-state index in [9.17, 15) is 0 Å². The molecule has 0 radical (unpaired) electrons. The van der Waals surface area contributed by atoms with Crippen LogP contribution in [0.1, 0.15) is 47.0 Å². The monoisotopic (exact) mass is 197 g/mol. The van der Waals surface area contributed by atoms with E-state index in [1.807, 2.05) is 0 Å². The highest BCUT2D eigenvalue weighted by atomic mass is 16.5. The summed E-state index contributed by atoms with van der Waals surface area (Å²) < 4.78 is 5.93. The molecule has 0 aromatic rings. The van der Waals surface area contributed by atoms with Gasteiger partial charge in [0, 0.05) is 12.6 Å². The van der Waals surface area contributed by atoms with Crippen molar-refractivity contribution in [2.45, 2.75) is 64.7 Å². The minimum absolute atomic E-state index is 0.116. The number of nitrogens with one attached hydrogen (secondary N) is 1. The third-order valence-electron chi connectivity index (χ3n) is 3.66. The van der Waals surface area contributed by atoms with Gasteiger partial charge < -0.3 is 10.1 Å². The van der Waals surface area contributed by atoms with E-state index in [2.05, 4.69) is 33.0 Å². The highest BCUT2D eigenvalue weighted by Crippen LogP contribution is 2.44. The molecule has 1 saturated heterocycles. The van der Waals surface area contributed by atoms with E-state index in [1.54, 1.807) is 0 Å². The molecule has 0 bridgehead atoms. The SMILES string of the molecule is CC1(C)CCC(CNC2CC2(C)C)O1. The zero-order chi connectivity index (χ0) is 10.4. The predicted octanol–water partition coefficient (Wildman–Crippen LogP) is 2.33. The lowest BCUT2D eigenvalue weighted by Gasteiger charge is -2.19. The number of rotatable bonds is 3. The number of hydrogen-bond acceptors (Lipinski definition) is 2. The average Bonchev–Trinajstić information content (AvgIpc) is 2.48. The van der Waals surface area contributed by atoms with Crippen LogP contribution in [-0.4, -0.2) is 24.3 Å². The van der Waals surface area contributed by atoms with E-state index in [1.165, 1.54) is 19.3 Å². The summed E-state index contributed by atoms with van der Waals surface area (Å²) in [5.74, 6) is 0. The highest BCUT2D eigenvalue weighted by molar-refractivity contribution is 5.01. The Hall–Kier alpha value is -0.0800. The van der Waals surface area contributed by atoms with E-state index in [0.717, 1.165) is 12.6 Å². The van der Waals surface area contributed by atoms with Gasteiger partial charge in [0.2, 0.25) is 0 Å². The molecular weight excluding hydrogens is 174 g/mol. The van der Waals surface area contributed by atoms with Crippen molar-refractivity contribution in [3.05, 3.63) is 0 Å². The summed E-state index contributed by atoms with van der Waals surface area (Å²) in [6.45, 7) is 10.1. The van der Waals surface area contributed by atoms with E-state index in [0.29, 0.717) is 11.5 Å². The lowest BCUT2D eigenvalue weighted by molar-refractivity contribution is -0.0145. The van der Waals surface area contributed by atoms with Crippen LogP contribution in [-0.2, 0) is 4.74 Å². The molecule has 1 aliphatic heterocycles. The topological polar surface area (TPSA) is 21.3 Å². The fourth-order valence-electron chi connectivity index (χ4n) is 2.31. The first-order chi connectivity index (χ1) is 6.39. The lowest BCUT2D eigenvalue weighted by atomic mass is 10.1. The minimum Gasteiger partial charge on any atom is -0.371 e. The van der Waals surface area contributed by atoms with Gasteiger partial charge in [-0.3, -0.25) is 0 Å². The molecule has 1 saturated carbocycles. The van der Waals surface area contributed by atoms with Crippen molar-refractivity contribution in [1.29, 1.82) is 0 Å². The van der Waals surface area contributed by atoms with Gasteiger partial charge in [-0.1, -0.05) is 13.8 Å². The first-order valence-corrected chi connectivity index (χ1v) is 5.80. The standard InChI is InChI=1S/C12H23NO/c1-11(2)7-10(11)13-8-9-5-6-12(3,4)14-9/h9-10,13H,5-8H2,1-4H3. The minimum atomic E-state index is 0.116. The summed E-state index contributed by atoms with van der Waals surface area (Å²) in [6.07, 6.45) is 4.19. The van der Waals surface area contributed by atoms with E-state index in [-0.39, 0.29) is 5.60 Å². The second kappa shape index (κ2) is 3.21. The molecule has 1 N–H and O–H groups in total. The highest BCUT2D eigenvalue weighted by Gasteiger charge is 2.45. The van der Waals surface area contributed by atoms with Gasteiger partial charge in [-0.25, -0.2) is 0 Å². The zero-order valence-electron chi connectivity index (χ0n) is 9.89. The molecule has 0 aromatic heterocycles. The molecule has 2 nitrogen and oxygen atoms in total. The van der Waals surface area contributed by atoms with Crippen molar-refractivity contribution in [2.75, 3.05) is 6.54 Å². The van der Waals surface area contributed by atoms with Crippen LogP contribution in [0.4, 0.5) is 0 Å². The first kappa shape index (κ1) is 10.4. The van der Waals surface area contributed by atoms with Crippen LogP contribution in [0.25, 0.3) is 0 Å². The third kappa shape index (κ3) is 2.29. The van der Waals surface area contributed by atoms with Crippen LogP contribution < -0.4 is 5.32 Å². The van der Waals surface area contributed by atoms with Gasteiger partial charge >= 0.3 is 0 Å². The van der Waals surface area contributed by atoms with Gasteiger partial charge in [0.25, 0.3) is 0 Å². The van der Waals surface area contributed by atoms with Gasteiger partial charge in [0.15, 0.2) is 0 Å². The molecule has 1 heterocycles. The molecule has 2 rings (SSSR count). The molecule has 0 aromatic carbocycles. The van der Waals surface area contributed by atoms with Gasteiger partial charge in [0.1, 0.15) is 0 Å². The molecule has 82 valence electrons. The Morgan fingerprint density at radius 3 is 2.36 bits per heavy atom. The summed E-state index contributed by atoms with van der Waals surface area (Å²) in [6, 6.07) is 0.731. The summed E-state index contributed by atoms with van der Waals surface area (Å²) in [5, 5.41) is 3.60. The van der Waals surface area contributed by atoms with Crippen LogP contribution >= 0.6 is 0 Å². The maximum atomic E-state index is 5.93. The Morgan fingerprint density at radius 2 is 1.93 bits per heavy atom. The van der Waals surface area contributed by atoms with Crippen molar-refractivity contribution in [1.82, 2.24) is 5.32 Å². The molecule has 1 aliphatic carbocycles. The molecular formula is C12H23NO. The Labute approximate surface area is 87.4 Å². The van der Waals surface area contributed by atoms with Crippen LogP contribution in [0.3, 0.4) is 0 Å². The molecule has 2 heteroatoms. The van der Waals surface area contributed by atoms with Gasteiger partial charge in [-0.15, -0.1) is 0 Å². The largest absolute Gasteiger partial charge is 0.371 e. The summed E-state index contributed by atoms with van der Waals surface area (Å²) in [5.41, 5.74) is 0.652. The van der Waals surface area contributed by atoms with Gasteiger partial charge in [0.05, 0.1) is 11.7 Å². The Morgan fingerprint density at radius 1 is 1.29 bits per heavy atom. The second-order valence-electron chi connectivity index (χ2n) is 6.19. The maximum Gasteiger partial charge on any atom is 0.0707 e. The molecule has 0 spiro atoms. The smallest absolute Gasteiger partial charge is 0.0707 e. The fourth-order valence-corrected chi connectivity index (χ4v) is 2.31. The predicted molar refractivity (Wildman–Crippen MR) is 58.4 cm³/mol. The van der Waals surface area contributed by atoms with Crippen LogP contribution in [0, 0.1) is 5.41 Å². The quantitative estimate of drug-likeness (QED) is 0.750. The normalized spacial score (nSPS) is 38.6. The zero-order valence-corrected chi connectivity index (χ0v) is 9.89. The summed E-state index contributed by atoms with van der Waals surface area (Å²) >= 11 is 0. The second-order valence-corrected chi connectivity index (χ2v) is 6.19. The number of ether oxygens (including phenoxy) is 1. The maximum absolute atomic E-state index is 5.93. The number of hydrogen-bond donors (Lipinski definition) is 1. The fraction of sp³-hybridized carbons (Fsp3) is 1.00. The Bertz CT molecular complexity index is 222. The van der Waals surface area contributed by atoms with Crippen molar-refractivity contribution in [2.24, 2.45) is 5.41 Å². The molecule has 2 aliphatic rings. The van der Waals surface area contributed by atoms with Crippen molar-refractivity contribution < 1.29 is 4.74 Å². The Kier molecular flexibility index (Phi) is 2.39. The van der Waals surface area contributed by atoms with E-state index in [4.69, 9.17) is 4.74 Å². The molecule has 0 amide bonds.